The summed E-state index contributed by atoms with van der Waals surface area (Å²) >= 11 is 5.75. The zero-order valence-electron chi connectivity index (χ0n) is 6.55. The first kappa shape index (κ1) is 9.61. The zero-order chi connectivity index (χ0) is 8.65. The standard InChI is InChI=1S/C8H10N2S2/c11-5-1-2-6-12-8-3-4-9-7-10-8/h1-4,7,11H,5-6H2. The molecule has 0 spiro atoms. The monoisotopic (exact) mass is 198 g/mol. The molecule has 0 aliphatic rings. The second-order valence-corrected chi connectivity index (χ2v) is 3.42. The quantitative estimate of drug-likeness (QED) is 0.347. The van der Waals surface area contributed by atoms with Crippen LogP contribution in [-0.4, -0.2) is 21.5 Å². The molecule has 0 aliphatic heterocycles. The van der Waals surface area contributed by atoms with E-state index >= 15 is 0 Å². The molecule has 64 valence electrons. The minimum Gasteiger partial charge on any atom is -0.245 e. The number of rotatable bonds is 4. The van der Waals surface area contributed by atoms with Crippen molar-refractivity contribution in [1.82, 2.24) is 9.97 Å². The van der Waals surface area contributed by atoms with Crippen LogP contribution in [0.3, 0.4) is 0 Å². The highest BCUT2D eigenvalue weighted by atomic mass is 32.2. The maximum atomic E-state index is 4.08. The molecule has 1 aromatic heterocycles. The Morgan fingerprint density at radius 3 is 3.08 bits per heavy atom. The van der Waals surface area contributed by atoms with E-state index in [0.717, 1.165) is 16.5 Å². The first-order valence-electron chi connectivity index (χ1n) is 3.58. The lowest BCUT2D eigenvalue weighted by atomic mass is 10.6. The summed E-state index contributed by atoms with van der Waals surface area (Å²) in [5.74, 6) is 1.74. The van der Waals surface area contributed by atoms with Crippen LogP contribution in [0.15, 0.2) is 35.8 Å². The molecule has 4 heteroatoms. The van der Waals surface area contributed by atoms with Crippen molar-refractivity contribution in [3.63, 3.8) is 0 Å². The van der Waals surface area contributed by atoms with Gasteiger partial charge in [-0.05, 0) is 6.07 Å². The van der Waals surface area contributed by atoms with Crippen molar-refractivity contribution in [2.75, 3.05) is 11.5 Å². The van der Waals surface area contributed by atoms with Gasteiger partial charge < -0.3 is 0 Å². The average Bonchev–Trinajstić information content (AvgIpc) is 2.14. The Labute approximate surface area is 81.9 Å². The van der Waals surface area contributed by atoms with Crippen LogP contribution >= 0.6 is 24.4 Å². The van der Waals surface area contributed by atoms with Gasteiger partial charge in [-0.2, -0.15) is 12.6 Å². The molecule has 0 bridgehead atoms. The van der Waals surface area contributed by atoms with Crippen LogP contribution in [0.25, 0.3) is 0 Å². The summed E-state index contributed by atoms with van der Waals surface area (Å²) in [5, 5.41) is 1.01. The van der Waals surface area contributed by atoms with Crippen molar-refractivity contribution in [3.8, 4) is 0 Å². The molecular weight excluding hydrogens is 188 g/mol. The van der Waals surface area contributed by atoms with E-state index in [4.69, 9.17) is 0 Å². The van der Waals surface area contributed by atoms with Crippen LogP contribution in [0, 0.1) is 0 Å². The maximum Gasteiger partial charge on any atom is 0.116 e. The van der Waals surface area contributed by atoms with Gasteiger partial charge in [0.2, 0.25) is 0 Å². The van der Waals surface area contributed by atoms with Gasteiger partial charge in [-0.25, -0.2) is 9.97 Å². The van der Waals surface area contributed by atoms with Gasteiger partial charge in [0.1, 0.15) is 6.33 Å². The van der Waals surface area contributed by atoms with E-state index < -0.39 is 0 Å². The number of aromatic nitrogens is 2. The van der Waals surface area contributed by atoms with E-state index in [9.17, 15) is 0 Å². The smallest absolute Gasteiger partial charge is 0.116 e. The third-order valence-corrected chi connectivity index (χ3v) is 2.26. The minimum atomic E-state index is 0.796. The molecule has 0 unspecified atom stereocenters. The van der Waals surface area contributed by atoms with Crippen LogP contribution in [0.4, 0.5) is 0 Å². The van der Waals surface area contributed by atoms with E-state index in [1.54, 1.807) is 24.3 Å². The van der Waals surface area contributed by atoms with Gasteiger partial charge in [-0.1, -0.05) is 12.2 Å². The number of hydrogen-bond donors (Lipinski definition) is 1. The third-order valence-electron chi connectivity index (χ3n) is 1.15. The fraction of sp³-hybridized carbons (Fsp3) is 0.250. The summed E-state index contributed by atoms with van der Waals surface area (Å²) in [4.78, 5) is 7.91. The normalized spacial score (nSPS) is 10.8. The number of nitrogens with zero attached hydrogens (tertiary/aromatic N) is 2. The average molecular weight is 198 g/mol. The van der Waals surface area contributed by atoms with Crippen molar-refractivity contribution < 1.29 is 0 Å². The zero-order valence-corrected chi connectivity index (χ0v) is 8.26. The molecular formula is C8H10N2S2. The Morgan fingerprint density at radius 2 is 2.42 bits per heavy atom. The molecule has 0 atom stereocenters. The topological polar surface area (TPSA) is 25.8 Å². The first-order chi connectivity index (χ1) is 5.93. The van der Waals surface area contributed by atoms with Gasteiger partial charge in [0.25, 0.3) is 0 Å². The lowest BCUT2D eigenvalue weighted by molar-refractivity contribution is 1.05. The number of hydrogen-bond acceptors (Lipinski definition) is 4. The van der Waals surface area contributed by atoms with Crippen LogP contribution < -0.4 is 0 Å². The predicted molar refractivity (Wildman–Crippen MR) is 55.7 cm³/mol. The van der Waals surface area contributed by atoms with Crippen LogP contribution in [0.1, 0.15) is 0 Å². The van der Waals surface area contributed by atoms with Gasteiger partial charge in [-0.3, -0.25) is 0 Å². The molecule has 0 aliphatic carbocycles. The van der Waals surface area contributed by atoms with Crippen molar-refractivity contribution in [2.24, 2.45) is 0 Å². The Kier molecular flexibility index (Phi) is 4.87. The summed E-state index contributed by atoms with van der Waals surface area (Å²) in [5.41, 5.74) is 0. The predicted octanol–water partition coefficient (Wildman–Crippen LogP) is 2.05. The van der Waals surface area contributed by atoms with Crippen molar-refractivity contribution in [1.29, 1.82) is 0 Å². The molecule has 0 saturated carbocycles. The fourth-order valence-corrected chi connectivity index (χ4v) is 1.47. The fourth-order valence-electron chi connectivity index (χ4n) is 0.640. The van der Waals surface area contributed by atoms with Gasteiger partial charge in [0, 0.05) is 17.7 Å². The van der Waals surface area contributed by atoms with Crippen molar-refractivity contribution >= 4 is 24.4 Å². The van der Waals surface area contributed by atoms with E-state index in [0.29, 0.717) is 0 Å². The van der Waals surface area contributed by atoms with Crippen LogP contribution in [0.5, 0.6) is 0 Å². The molecule has 0 saturated heterocycles. The molecule has 1 heterocycles. The van der Waals surface area contributed by atoms with Crippen LogP contribution in [0.2, 0.25) is 0 Å². The highest BCUT2D eigenvalue weighted by Crippen LogP contribution is 2.12. The lowest BCUT2D eigenvalue weighted by Crippen LogP contribution is -1.80. The summed E-state index contributed by atoms with van der Waals surface area (Å²) in [6.45, 7) is 0. The minimum absolute atomic E-state index is 0.796. The summed E-state index contributed by atoms with van der Waals surface area (Å²) in [6.07, 6.45) is 7.42. The molecule has 0 fully saturated rings. The molecule has 0 radical (unpaired) electrons. The second-order valence-electron chi connectivity index (χ2n) is 2.01. The van der Waals surface area contributed by atoms with E-state index in [-0.39, 0.29) is 0 Å². The third kappa shape index (κ3) is 3.78. The highest BCUT2D eigenvalue weighted by molar-refractivity contribution is 7.99. The van der Waals surface area contributed by atoms with Crippen molar-refractivity contribution in [3.05, 3.63) is 30.7 Å². The molecule has 2 nitrogen and oxygen atoms in total. The molecule has 1 aromatic rings. The SMILES string of the molecule is SCC=CCSc1ccncn1. The molecule has 0 aromatic carbocycles. The Bertz CT molecular complexity index is 236. The van der Waals surface area contributed by atoms with Gasteiger partial charge >= 0.3 is 0 Å². The maximum absolute atomic E-state index is 4.08. The first-order valence-corrected chi connectivity index (χ1v) is 5.20. The molecule has 1 rings (SSSR count). The van der Waals surface area contributed by atoms with E-state index in [2.05, 4.69) is 28.7 Å². The van der Waals surface area contributed by atoms with Gasteiger partial charge in [0.05, 0.1) is 5.03 Å². The summed E-state index contributed by atoms with van der Waals surface area (Å²) in [6, 6.07) is 1.90. The second kappa shape index (κ2) is 6.08. The van der Waals surface area contributed by atoms with Gasteiger partial charge in [-0.15, -0.1) is 11.8 Å². The Balaban J connectivity index is 2.29. The Hall–Kier alpha value is -0.480. The molecule has 0 amide bonds. The Morgan fingerprint density at radius 1 is 1.50 bits per heavy atom. The van der Waals surface area contributed by atoms with E-state index in [1.165, 1.54) is 0 Å². The molecule has 0 N–H and O–H groups in total. The van der Waals surface area contributed by atoms with E-state index in [1.807, 2.05) is 12.1 Å². The largest absolute Gasteiger partial charge is 0.245 e. The number of thioether (sulfide) groups is 1. The summed E-state index contributed by atoms with van der Waals surface area (Å²) in [7, 11) is 0. The molecule has 12 heavy (non-hydrogen) atoms. The number of thiol groups is 1. The van der Waals surface area contributed by atoms with Crippen LogP contribution in [-0.2, 0) is 0 Å². The lowest BCUT2D eigenvalue weighted by Gasteiger charge is -1.93. The van der Waals surface area contributed by atoms with Crippen molar-refractivity contribution in [2.45, 2.75) is 5.03 Å². The summed E-state index contributed by atoms with van der Waals surface area (Å²) < 4.78 is 0. The highest BCUT2D eigenvalue weighted by Gasteiger charge is 1.89. The van der Waals surface area contributed by atoms with Gasteiger partial charge in [0.15, 0.2) is 0 Å².